The number of anilines is 3. The van der Waals surface area contributed by atoms with Crippen LogP contribution in [-0.4, -0.2) is 47.7 Å². The molecule has 2 fully saturated rings. The molecule has 0 bridgehead atoms. The van der Waals surface area contributed by atoms with Gasteiger partial charge >= 0.3 is 0 Å². The van der Waals surface area contributed by atoms with Gasteiger partial charge in [-0.1, -0.05) is 0 Å². The topological polar surface area (TPSA) is 57.2 Å². The number of hydrogen-bond acceptors (Lipinski definition) is 6. The van der Waals surface area contributed by atoms with E-state index in [4.69, 9.17) is 4.98 Å². The van der Waals surface area contributed by atoms with E-state index in [-0.39, 0.29) is 0 Å². The summed E-state index contributed by atoms with van der Waals surface area (Å²) in [4.78, 5) is 18.5. The van der Waals surface area contributed by atoms with E-state index >= 15 is 0 Å². The molecule has 6 heteroatoms. The van der Waals surface area contributed by atoms with Gasteiger partial charge in [0.15, 0.2) is 0 Å². The molecule has 0 radical (unpaired) electrons. The Kier molecular flexibility index (Phi) is 4.12. The molecule has 2 aliphatic rings. The highest BCUT2D eigenvalue weighted by atomic mass is 15.4. The fraction of sp³-hybridized carbons (Fsp3) is 0.800. The molecule has 6 nitrogen and oxygen atoms in total. The molecule has 0 spiro atoms. The fourth-order valence-corrected chi connectivity index (χ4v) is 2.75. The van der Waals surface area contributed by atoms with Crippen molar-refractivity contribution >= 4 is 17.8 Å². The van der Waals surface area contributed by atoms with Crippen LogP contribution in [0.2, 0.25) is 0 Å². The van der Waals surface area contributed by atoms with Crippen molar-refractivity contribution in [3.8, 4) is 0 Å². The van der Waals surface area contributed by atoms with Crippen molar-refractivity contribution in [1.82, 2.24) is 15.0 Å². The molecule has 1 aromatic heterocycles. The summed E-state index contributed by atoms with van der Waals surface area (Å²) in [7, 11) is 1.87. The Labute approximate surface area is 127 Å². The van der Waals surface area contributed by atoms with Gasteiger partial charge in [-0.15, -0.1) is 0 Å². The summed E-state index contributed by atoms with van der Waals surface area (Å²) >= 11 is 0. The minimum Gasteiger partial charge on any atom is -0.357 e. The van der Waals surface area contributed by atoms with Crippen molar-refractivity contribution in [3.63, 3.8) is 0 Å². The van der Waals surface area contributed by atoms with Gasteiger partial charge in [-0.25, -0.2) is 0 Å². The average Bonchev–Trinajstić information content (AvgIpc) is 3.14. The highest BCUT2D eigenvalue weighted by Gasteiger charge is 2.28. The van der Waals surface area contributed by atoms with E-state index in [2.05, 4.69) is 38.9 Å². The largest absolute Gasteiger partial charge is 0.357 e. The van der Waals surface area contributed by atoms with Crippen LogP contribution in [-0.2, 0) is 0 Å². The third-order valence-electron chi connectivity index (χ3n) is 4.26. The van der Waals surface area contributed by atoms with Crippen LogP contribution in [0.4, 0.5) is 17.8 Å². The number of aromatic nitrogens is 3. The van der Waals surface area contributed by atoms with Gasteiger partial charge in [0, 0.05) is 32.7 Å². The molecule has 1 aliphatic carbocycles. The van der Waals surface area contributed by atoms with Crippen LogP contribution >= 0.6 is 0 Å². The monoisotopic (exact) mass is 290 g/mol. The highest BCUT2D eigenvalue weighted by molar-refractivity contribution is 5.46. The normalized spacial score (nSPS) is 18.4. The van der Waals surface area contributed by atoms with Gasteiger partial charge in [0.05, 0.1) is 0 Å². The van der Waals surface area contributed by atoms with Crippen molar-refractivity contribution in [1.29, 1.82) is 0 Å². The second kappa shape index (κ2) is 6.03. The quantitative estimate of drug-likeness (QED) is 0.866. The Hall–Kier alpha value is -1.59. The standard InChI is InChI=1S/C15H26N6/c1-11(2)21(10-12-6-7-12)15-18-13(16-3)17-14(19-15)20-8-4-5-9-20/h11-12H,4-10H2,1-3H3,(H,16,17,18,19). The third kappa shape index (κ3) is 3.36. The lowest BCUT2D eigenvalue weighted by molar-refractivity contribution is 0.625. The predicted octanol–water partition coefficient (Wildman–Crippen LogP) is 2.14. The Bertz CT molecular complexity index is 479. The van der Waals surface area contributed by atoms with E-state index in [0.717, 1.165) is 37.4 Å². The van der Waals surface area contributed by atoms with E-state index < -0.39 is 0 Å². The van der Waals surface area contributed by atoms with Crippen LogP contribution in [0.3, 0.4) is 0 Å². The molecule has 1 aliphatic heterocycles. The first kappa shape index (κ1) is 14.4. The lowest BCUT2D eigenvalue weighted by Gasteiger charge is -2.28. The molecule has 0 atom stereocenters. The molecule has 1 N–H and O–H groups in total. The van der Waals surface area contributed by atoms with Crippen molar-refractivity contribution in [2.45, 2.75) is 45.6 Å². The molecule has 116 valence electrons. The van der Waals surface area contributed by atoms with Gasteiger partial charge in [-0.05, 0) is 45.4 Å². The molecule has 1 saturated heterocycles. The van der Waals surface area contributed by atoms with Crippen LogP contribution < -0.4 is 15.1 Å². The smallest absolute Gasteiger partial charge is 0.232 e. The molecule has 2 heterocycles. The first-order chi connectivity index (χ1) is 10.2. The fourth-order valence-electron chi connectivity index (χ4n) is 2.75. The maximum absolute atomic E-state index is 4.76. The van der Waals surface area contributed by atoms with Crippen molar-refractivity contribution < 1.29 is 0 Å². The number of nitrogens with zero attached hydrogens (tertiary/aromatic N) is 5. The summed E-state index contributed by atoms with van der Waals surface area (Å²) in [5.74, 6) is 3.13. The van der Waals surface area contributed by atoms with Crippen LogP contribution in [0.15, 0.2) is 0 Å². The van der Waals surface area contributed by atoms with E-state index in [1.54, 1.807) is 0 Å². The summed E-state index contributed by atoms with van der Waals surface area (Å²) in [6.07, 6.45) is 5.14. The van der Waals surface area contributed by atoms with Crippen LogP contribution in [0, 0.1) is 5.92 Å². The van der Waals surface area contributed by atoms with Crippen LogP contribution in [0.1, 0.15) is 39.5 Å². The molecular weight excluding hydrogens is 264 g/mol. The molecule has 1 saturated carbocycles. The van der Waals surface area contributed by atoms with Gasteiger partial charge < -0.3 is 15.1 Å². The summed E-state index contributed by atoms with van der Waals surface area (Å²) in [6, 6.07) is 0.407. The van der Waals surface area contributed by atoms with E-state index in [1.807, 2.05) is 7.05 Å². The van der Waals surface area contributed by atoms with Gasteiger partial charge in [0.2, 0.25) is 17.8 Å². The summed E-state index contributed by atoms with van der Waals surface area (Å²) in [6.45, 7) is 7.58. The summed E-state index contributed by atoms with van der Waals surface area (Å²) in [5.41, 5.74) is 0. The molecule has 1 aromatic rings. The first-order valence-corrected chi connectivity index (χ1v) is 8.13. The maximum Gasteiger partial charge on any atom is 0.232 e. The van der Waals surface area contributed by atoms with Crippen molar-refractivity contribution in [2.75, 3.05) is 41.8 Å². The zero-order valence-corrected chi connectivity index (χ0v) is 13.3. The SMILES string of the molecule is CNc1nc(N2CCCC2)nc(N(CC2CC2)C(C)C)n1. The van der Waals surface area contributed by atoms with Crippen molar-refractivity contribution in [3.05, 3.63) is 0 Å². The Morgan fingerprint density at radius 2 is 1.90 bits per heavy atom. The zero-order valence-electron chi connectivity index (χ0n) is 13.3. The minimum atomic E-state index is 0.407. The van der Waals surface area contributed by atoms with E-state index in [0.29, 0.717) is 12.0 Å². The molecule has 3 rings (SSSR count). The maximum atomic E-state index is 4.76. The van der Waals surface area contributed by atoms with E-state index in [1.165, 1.54) is 25.7 Å². The second-order valence-electron chi connectivity index (χ2n) is 6.39. The van der Waals surface area contributed by atoms with Gasteiger partial charge in [-0.2, -0.15) is 15.0 Å². The minimum absolute atomic E-state index is 0.407. The van der Waals surface area contributed by atoms with Crippen molar-refractivity contribution in [2.24, 2.45) is 5.92 Å². The first-order valence-electron chi connectivity index (χ1n) is 8.13. The Morgan fingerprint density at radius 3 is 2.48 bits per heavy atom. The molecule has 0 amide bonds. The molecular formula is C15H26N6. The highest BCUT2D eigenvalue weighted by Crippen LogP contribution is 2.32. The lowest BCUT2D eigenvalue weighted by Crippen LogP contribution is -2.35. The van der Waals surface area contributed by atoms with Gasteiger partial charge in [0.25, 0.3) is 0 Å². The van der Waals surface area contributed by atoms with Gasteiger partial charge in [-0.3, -0.25) is 0 Å². The van der Waals surface area contributed by atoms with Gasteiger partial charge in [0.1, 0.15) is 0 Å². The molecule has 0 unspecified atom stereocenters. The average molecular weight is 290 g/mol. The summed E-state index contributed by atoms with van der Waals surface area (Å²) < 4.78 is 0. The third-order valence-corrected chi connectivity index (χ3v) is 4.26. The number of rotatable bonds is 6. The Balaban J connectivity index is 1.88. The number of nitrogens with one attached hydrogen (secondary N) is 1. The zero-order chi connectivity index (χ0) is 14.8. The predicted molar refractivity (Wildman–Crippen MR) is 86.0 cm³/mol. The summed E-state index contributed by atoms with van der Waals surface area (Å²) in [5, 5.41) is 3.08. The van der Waals surface area contributed by atoms with E-state index in [9.17, 15) is 0 Å². The molecule has 21 heavy (non-hydrogen) atoms. The Morgan fingerprint density at radius 1 is 1.19 bits per heavy atom. The van der Waals surface area contributed by atoms with Crippen LogP contribution in [0.25, 0.3) is 0 Å². The second-order valence-corrected chi connectivity index (χ2v) is 6.39. The number of hydrogen-bond donors (Lipinski definition) is 1. The van der Waals surface area contributed by atoms with Crippen LogP contribution in [0.5, 0.6) is 0 Å². The molecule has 0 aromatic carbocycles. The lowest BCUT2D eigenvalue weighted by atomic mass is 10.3.